The molecule has 0 aromatic heterocycles. The molecule has 0 spiro atoms. The summed E-state index contributed by atoms with van der Waals surface area (Å²) in [4.78, 5) is 0. The van der Waals surface area contributed by atoms with Gasteiger partial charge in [-0.05, 0) is 30.6 Å². The predicted octanol–water partition coefficient (Wildman–Crippen LogP) is 3.38. The molecule has 0 N–H and O–H groups in total. The molecule has 11 heavy (non-hydrogen) atoms. The second kappa shape index (κ2) is 3.84. The van der Waals surface area contributed by atoms with Crippen molar-refractivity contribution in [3.63, 3.8) is 0 Å². The van der Waals surface area contributed by atoms with Gasteiger partial charge in [0.05, 0.1) is 0 Å². The third-order valence-corrected chi connectivity index (χ3v) is 3.58. The highest BCUT2D eigenvalue weighted by Gasteiger charge is 2.27. The molecule has 1 aliphatic rings. The Morgan fingerprint density at radius 2 is 1.91 bits per heavy atom. The Morgan fingerprint density at radius 1 is 1.27 bits per heavy atom. The summed E-state index contributed by atoms with van der Waals surface area (Å²) in [5.74, 6) is 2.60. The van der Waals surface area contributed by atoms with Gasteiger partial charge in [-0.25, -0.2) is 0 Å². The van der Waals surface area contributed by atoms with Gasteiger partial charge < -0.3 is 0 Å². The number of hydrogen-bond acceptors (Lipinski definition) is 1. The third kappa shape index (κ3) is 2.40. The molecule has 1 saturated carbocycles. The first-order valence-corrected chi connectivity index (χ1v) is 5.31. The molecule has 1 unspecified atom stereocenters. The number of thiol groups is 1. The maximum absolute atomic E-state index is 4.65. The highest BCUT2D eigenvalue weighted by molar-refractivity contribution is 7.81. The van der Waals surface area contributed by atoms with E-state index in [-0.39, 0.29) is 0 Å². The number of rotatable bonds is 1. The molecule has 0 aliphatic heterocycles. The number of hydrogen-bond donors (Lipinski definition) is 1. The topological polar surface area (TPSA) is 0 Å². The minimum Gasteiger partial charge on any atom is -0.176 e. The van der Waals surface area contributed by atoms with Gasteiger partial charge in [-0.2, -0.15) is 12.6 Å². The van der Waals surface area contributed by atoms with E-state index in [4.69, 9.17) is 0 Å². The molecule has 1 heteroatoms. The molecule has 0 saturated heterocycles. The molecular weight excluding hydrogens is 152 g/mol. The van der Waals surface area contributed by atoms with Crippen LogP contribution in [-0.2, 0) is 0 Å². The van der Waals surface area contributed by atoms with Gasteiger partial charge in [0.15, 0.2) is 0 Å². The zero-order chi connectivity index (χ0) is 8.43. The molecule has 0 aromatic rings. The van der Waals surface area contributed by atoms with Crippen LogP contribution in [0.2, 0.25) is 0 Å². The molecule has 66 valence electrons. The standard InChI is InChI=1S/C10H20S/c1-7(2)9-5-4-8(3)6-10(9)11/h7-11H,4-6H2,1-3H3/t8-,9+,10?/m0/s1. The van der Waals surface area contributed by atoms with Crippen molar-refractivity contribution in [2.75, 3.05) is 0 Å². The highest BCUT2D eigenvalue weighted by Crippen LogP contribution is 2.36. The molecule has 0 heterocycles. The van der Waals surface area contributed by atoms with E-state index in [1.807, 2.05) is 0 Å². The first kappa shape index (κ1) is 9.44. The first-order chi connectivity index (χ1) is 5.11. The lowest BCUT2D eigenvalue weighted by Gasteiger charge is -2.34. The Bertz CT molecular complexity index is 120. The van der Waals surface area contributed by atoms with Crippen LogP contribution < -0.4 is 0 Å². The Hall–Kier alpha value is 0.350. The van der Waals surface area contributed by atoms with Gasteiger partial charge in [-0.3, -0.25) is 0 Å². The smallest absolute Gasteiger partial charge is 0.00500 e. The maximum atomic E-state index is 4.65. The third-order valence-electron chi connectivity index (χ3n) is 2.99. The second-order valence-electron chi connectivity index (χ2n) is 4.39. The summed E-state index contributed by atoms with van der Waals surface area (Å²) in [5, 5.41) is 0.666. The van der Waals surface area contributed by atoms with Gasteiger partial charge in [-0.1, -0.05) is 27.2 Å². The Kier molecular flexibility index (Phi) is 3.29. The summed E-state index contributed by atoms with van der Waals surface area (Å²) in [6.07, 6.45) is 4.14. The van der Waals surface area contributed by atoms with E-state index in [9.17, 15) is 0 Å². The molecule has 3 atom stereocenters. The van der Waals surface area contributed by atoms with Crippen molar-refractivity contribution in [2.45, 2.75) is 45.3 Å². The van der Waals surface area contributed by atoms with Gasteiger partial charge in [0, 0.05) is 5.25 Å². The van der Waals surface area contributed by atoms with E-state index >= 15 is 0 Å². The fourth-order valence-electron chi connectivity index (χ4n) is 2.15. The van der Waals surface area contributed by atoms with Crippen LogP contribution in [0.5, 0.6) is 0 Å². The molecule has 0 nitrogen and oxygen atoms in total. The van der Waals surface area contributed by atoms with Gasteiger partial charge in [0.1, 0.15) is 0 Å². The van der Waals surface area contributed by atoms with Crippen molar-refractivity contribution in [1.82, 2.24) is 0 Å². The largest absolute Gasteiger partial charge is 0.176 e. The average Bonchev–Trinajstić information content (AvgIpc) is 1.85. The van der Waals surface area contributed by atoms with Gasteiger partial charge >= 0.3 is 0 Å². The summed E-state index contributed by atoms with van der Waals surface area (Å²) >= 11 is 4.65. The van der Waals surface area contributed by atoms with Gasteiger partial charge in [0.2, 0.25) is 0 Å². The molecule has 0 bridgehead atoms. The zero-order valence-corrected chi connectivity index (χ0v) is 8.77. The van der Waals surface area contributed by atoms with Crippen LogP contribution in [0.25, 0.3) is 0 Å². The molecule has 0 amide bonds. The molecule has 1 rings (SSSR count). The molecule has 0 radical (unpaired) electrons. The Labute approximate surface area is 76.2 Å². The van der Waals surface area contributed by atoms with Crippen molar-refractivity contribution < 1.29 is 0 Å². The normalized spacial score (nSPS) is 39.5. The molecular formula is C10H20S. The lowest BCUT2D eigenvalue weighted by atomic mass is 9.77. The Balaban J connectivity index is 2.44. The SMILES string of the molecule is CC(C)[C@H]1CC[C@H](C)CC1S. The molecule has 1 fully saturated rings. The summed E-state index contributed by atoms with van der Waals surface area (Å²) in [7, 11) is 0. The lowest BCUT2D eigenvalue weighted by Crippen LogP contribution is -2.27. The van der Waals surface area contributed by atoms with E-state index in [1.165, 1.54) is 19.3 Å². The van der Waals surface area contributed by atoms with E-state index < -0.39 is 0 Å². The molecule has 1 aliphatic carbocycles. The molecule has 0 aromatic carbocycles. The van der Waals surface area contributed by atoms with Crippen molar-refractivity contribution in [1.29, 1.82) is 0 Å². The lowest BCUT2D eigenvalue weighted by molar-refractivity contribution is 0.245. The summed E-state index contributed by atoms with van der Waals surface area (Å²) in [6.45, 7) is 6.99. The Morgan fingerprint density at radius 3 is 2.36 bits per heavy atom. The zero-order valence-electron chi connectivity index (χ0n) is 7.88. The van der Waals surface area contributed by atoms with Crippen molar-refractivity contribution in [3.8, 4) is 0 Å². The minimum absolute atomic E-state index is 0.666. The van der Waals surface area contributed by atoms with E-state index in [0.29, 0.717) is 5.25 Å². The summed E-state index contributed by atoms with van der Waals surface area (Å²) in [5.41, 5.74) is 0. The van der Waals surface area contributed by atoms with Crippen LogP contribution in [0, 0.1) is 17.8 Å². The maximum Gasteiger partial charge on any atom is 0.00500 e. The summed E-state index contributed by atoms with van der Waals surface area (Å²) in [6, 6.07) is 0. The van der Waals surface area contributed by atoms with E-state index in [1.54, 1.807) is 0 Å². The quantitative estimate of drug-likeness (QED) is 0.576. The summed E-state index contributed by atoms with van der Waals surface area (Å²) < 4.78 is 0. The first-order valence-electron chi connectivity index (χ1n) is 4.79. The highest BCUT2D eigenvalue weighted by atomic mass is 32.1. The van der Waals surface area contributed by atoms with Crippen molar-refractivity contribution in [2.24, 2.45) is 17.8 Å². The van der Waals surface area contributed by atoms with Gasteiger partial charge in [0.25, 0.3) is 0 Å². The fourth-order valence-corrected chi connectivity index (χ4v) is 3.01. The van der Waals surface area contributed by atoms with E-state index in [2.05, 4.69) is 33.4 Å². The van der Waals surface area contributed by atoms with Gasteiger partial charge in [-0.15, -0.1) is 0 Å². The monoisotopic (exact) mass is 172 g/mol. The van der Waals surface area contributed by atoms with Crippen LogP contribution in [0.15, 0.2) is 0 Å². The van der Waals surface area contributed by atoms with E-state index in [0.717, 1.165) is 17.8 Å². The van der Waals surface area contributed by atoms with Crippen LogP contribution in [0.3, 0.4) is 0 Å². The predicted molar refractivity (Wildman–Crippen MR) is 54.1 cm³/mol. The van der Waals surface area contributed by atoms with Crippen LogP contribution >= 0.6 is 12.6 Å². The van der Waals surface area contributed by atoms with Crippen molar-refractivity contribution in [3.05, 3.63) is 0 Å². The minimum atomic E-state index is 0.666. The van der Waals surface area contributed by atoms with Crippen LogP contribution in [0.1, 0.15) is 40.0 Å². The second-order valence-corrected chi connectivity index (χ2v) is 5.06. The average molecular weight is 172 g/mol. The van der Waals surface area contributed by atoms with Crippen molar-refractivity contribution >= 4 is 12.6 Å². The van der Waals surface area contributed by atoms with Crippen LogP contribution in [-0.4, -0.2) is 5.25 Å². The fraction of sp³-hybridized carbons (Fsp3) is 1.00. The van der Waals surface area contributed by atoms with Crippen LogP contribution in [0.4, 0.5) is 0 Å².